The molecule has 0 bridgehead atoms. The van der Waals surface area contributed by atoms with E-state index in [9.17, 15) is 9.59 Å². The molecule has 0 aromatic rings. The summed E-state index contributed by atoms with van der Waals surface area (Å²) in [6.45, 7) is 6.74. The Morgan fingerprint density at radius 3 is 0.966 bits per heavy atom. The Morgan fingerprint density at radius 2 is 0.724 bits per heavy atom. The highest BCUT2D eigenvalue weighted by atomic mass is 16.4. The molecule has 0 unspecified atom stereocenters. The predicted molar refractivity (Wildman–Crippen MR) is 124 cm³/mol. The summed E-state index contributed by atoms with van der Waals surface area (Å²) in [5, 5.41) is 17.3. The quantitative estimate of drug-likeness (QED) is 0.155. The largest absolute Gasteiger partial charge is 0.481 e. The lowest BCUT2D eigenvalue weighted by molar-refractivity contribution is -0.154. The first-order chi connectivity index (χ1) is 14.0. The molecule has 174 valence electrons. The average molecular weight is 415 g/mol. The van der Waals surface area contributed by atoms with E-state index in [1.54, 1.807) is 0 Å². The second-order valence-corrected chi connectivity index (χ2v) is 8.32. The van der Waals surface area contributed by atoms with E-state index in [4.69, 9.17) is 10.2 Å². The lowest BCUT2D eigenvalue weighted by Crippen LogP contribution is -2.23. The van der Waals surface area contributed by atoms with Gasteiger partial charge in [-0.25, -0.2) is 0 Å². The minimum atomic E-state index is -1.23. The lowest BCUT2D eigenvalue weighted by atomic mass is 10.0. The van der Waals surface area contributed by atoms with Gasteiger partial charge in [0.25, 0.3) is 0 Å². The molecule has 0 heterocycles. The van der Waals surface area contributed by atoms with Gasteiger partial charge in [-0.3, -0.25) is 9.59 Å². The van der Waals surface area contributed by atoms with Crippen LogP contribution in [0.2, 0.25) is 0 Å². The van der Waals surface area contributed by atoms with Gasteiger partial charge in [0.05, 0.1) is 0 Å². The van der Waals surface area contributed by atoms with Crippen molar-refractivity contribution in [2.24, 2.45) is 5.92 Å². The highest BCUT2D eigenvalue weighted by Gasteiger charge is 2.24. The topological polar surface area (TPSA) is 74.6 Å². The van der Waals surface area contributed by atoms with Crippen molar-refractivity contribution >= 4 is 11.9 Å². The predicted octanol–water partition coefficient (Wildman–Crippen LogP) is 8.23. The van der Waals surface area contributed by atoms with Gasteiger partial charge in [0.1, 0.15) is 0 Å². The highest BCUT2D eigenvalue weighted by molar-refractivity contribution is 5.92. The van der Waals surface area contributed by atoms with Crippen LogP contribution >= 0.6 is 0 Å². The molecule has 4 heteroatoms. The molecule has 0 rings (SSSR count). The highest BCUT2D eigenvalue weighted by Crippen LogP contribution is 2.14. The Hall–Kier alpha value is -1.06. The second kappa shape index (κ2) is 25.0. The van der Waals surface area contributed by atoms with Crippen LogP contribution in [0.4, 0.5) is 0 Å². The van der Waals surface area contributed by atoms with Crippen LogP contribution in [0.5, 0.6) is 0 Å². The van der Waals surface area contributed by atoms with Crippen LogP contribution in [0.1, 0.15) is 143 Å². The van der Waals surface area contributed by atoms with Crippen molar-refractivity contribution in [3.8, 4) is 0 Å². The van der Waals surface area contributed by atoms with Gasteiger partial charge in [-0.15, -0.1) is 0 Å². The maximum atomic E-state index is 10.6. The summed E-state index contributed by atoms with van der Waals surface area (Å²) >= 11 is 0. The molecule has 0 saturated heterocycles. The third-order valence-electron chi connectivity index (χ3n) is 5.40. The van der Waals surface area contributed by atoms with Crippen molar-refractivity contribution in [2.45, 2.75) is 143 Å². The molecule has 0 aliphatic heterocycles. The third kappa shape index (κ3) is 24.9. The summed E-state index contributed by atoms with van der Waals surface area (Å²) in [7, 11) is 0. The zero-order valence-corrected chi connectivity index (χ0v) is 19.7. The average Bonchev–Trinajstić information content (AvgIpc) is 2.69. The van der Waals surface area contributed by atoms with Gasteiger partial charge < -0.3 is 10.2 Å². The number of hydrogen-bond donors (Lipinski definition) is 2. The van der Waals surface area contributed by atoms with E-state index in [-0.39, 0.29) is 6.42 Å². The molecule has 0 aromatic heterocycles. The molecule has 2 N–H and O–H groups in total. The first kappa shape index (κ1) is 30.1. The van der Waals surface area contributed by atoms with E-state index in [2.05, 4.69) is 20.8 Å². The van der Waals surface area contributed by atoms with Crippen molar-refractivity contribution in [3.05, 3.63) is 0 Å². The molecule has 0 aliphatic rings. The van der Waals surface area contributed by atoms with Crippen LogP contribution in [0.25, 0.3) is 0 Å². The summed E-state index contributed by atoms with van der Waals surface area (Å²) in [5.74, 6) is -3.67. The fraction of sp³-hybridized carbons (Fsp3) is 0.920. The molecule has 0 atom stereocenters. The van der Waals surface area contributed by atoms with Crippen molar-refractivity contribution < 1.29 is 19.8 Å². The Bertz CT molecular complexity index is 331. The van der Waals surface area contributed by atoms with Gasteiger partial charge in [-0.2, -0.15) is 0 Å². The fourth-order valence-corrected chi connectivity index (χ4v) is 3.40. The molecular formula is C25H50O4. The molecule has 0 fully saturated rings. The SMILES string of the molecule is CCCCCCCCCCC(C(=O)O)C(=O)O.CCCCCCCCCCCC. The Kier molecular flexibility index (Phi) is 26.0. The minimum Gasteiger partial charge on any atom is -0.481 e. The number of rotatable bonds is 20. The number of unbranched alkanes of at least 4 members (excludes halogenated alkanes) is 16. The normalized spacial score (nSPS) is 10.6. The first-order valence-electron chi connectivity index (χ1n) is 12.5. The van der Waals surface area contributed by atoms with E-state index in [1.165, 1.54) is 96.3 Å². The number of carboxylic acids is 2. The van der Waals surface area contributed by atoms with Crippen molar-refractivity contribution in [1.82, 2.24) is 0 Å². The van der Waals surface area contributed by atoms with Crippen molar-refractivity contribution in [3.63, 3.8) is 0 Å². The third-order valence-corrected chi connectivity index (χ3v) is 5.40. The zero-order valence-electron chi connectivity index (χ0n) is 19.7. The zero-order chi connectivity index (χ0) is 22.2. The Balaban J connectivity index is 0. The van der Waals surface area contributed by atoms with Crippen LogP contribution in [-0.2, 0) is 9.59 Å². The van der Waals surface area contributed by atoms with Gasteiger partial charge in [0.15, 0.2) is 5.92 Å². The Morgan fingerprint density at radius 1 is 0.483 bits per heavy atom. The van der Waals surface area contributed by atoms with Gasteiger partial charge in [-0.1, -0.05) is 136 Å². The molecule has 4 nitrogen and oxygen atoms in total. The molecule has 0 aromatic carbocycles. The van der Waals surface area contributed by atoms with Crippen LogP contribution in [-0.4, -0.2) is 22.2 Å². The van der Waals surface area contributed by atoms with E-state index < -0.39 is 17.9 Å². The maximum Gasteiger partial charge on any atom is 0.317 e. The standard InChI is InChI=1S/C13H24O4.C12H26/c1-2-3-4-5-6-7-8-9-10-11(12(14)15)13(16)17;1-3-5-7-9-11-12-10-8-6-4-2/h11H,2-10H2,1H3,(H,14,15)(H,16,17);3-12H2,1-2H3. The van der Waals surface area contributed by atoms with E-state index >= 15 is 0 Å². The lowest BCUT2D eigenvalue weighted by Gasteiger charge is -2.06. The molecule has 0 aliphatic carbocycles. The van der Waals surface area contributed by atoms with Crippen molar-refractivity contribution in [2.75, 3.05) is 0 Å². The maximum absolute atomic E-state index is 10.6. The van der Waals surface area contributed by atoms with E-state index in [1.807, 2.05) is 0 Å². The molecule has 0 saturated carbocycles. The Labute approximate surface area is 180 Å². The summed E-state index contributed by atoms with van der Waals surface area (Å²) in [5.41, 5.74) is 0. The number of hydrogen-bond acceptors (Lipinski definition) is 2. The number of carbonyl (C=O) groups is 2. The molecule has 29 heavy (non-hydrogen) atoms. The van der Waals surface area contributed by atoms with E-state index in [0.29, 0.717) is 6.42 Å². The monoisotopic (exact) mass is 414 g/mol. The van der Waals surface area contributed by atoms with Crippen molar-refractivity contribution in [1.29, 1.82) is 0 Å². The molecule has 0 radical (unpaired) electrons. The van der Waals surface area contributed by atoms with Gasteiger partial charge in [0.2, 0.25) is 0 Å². The second-order valence-electron chi connectivity index (χ2n) is 8.32. The van der Waals surface area contributed by atoms with Gasteiger partial charge in [0, 0.05) is 0 Å². The van der Waals surface area contributed by atoms with Crippen LogP contribution in [0.3, 0.4) is 0 Å². The first-order valence-corrected chi connectivity index (χ1v) is 12.5. The van der Waals surface area contributed by atoms with Gasteiger partial charge >= 0.3 is 11.9 Å². The summed E-state index contributed by atoms with van der Waals surface area (Å²) in [6, 6.07) is 0. The van der Waals surface area contributed by atoms with E-state index in [0.717, 1.165) is 12.8 Å². The molecule has 0 spiro atoms. The molecule has 0 amide bonds. The summed E-state index contributed by atoms with van der Waals surface area (Å²) in [6.07, 6.45) is 23.6. The minimum absolute atomic E-state index is 0.250. The van der Waals surface area contributed by atoms with Crippen LogP contribution in [0.15, 0.2) is 0 Å². The smallest absolute Gasteiger partial charge is 0.317 e. The number of carboxylic acid groups (broad SMARTS) is 2. The number of aliphatic carboxylic acids is 2. The van der Waals surface area contributed by atoms with Crippen LogP contribution in [0, 0.1) is 5.92 Å². The van der Waals surface area contributed by atoms with Crippen LogP contribution < -0.4 is 0 Å². The summed E-state index contributed by atoms with van der Waals surface area (Å²) in [4.78, 5) is 21.2. The van der Waals surface area contributed by atoms with Gasteiger partial charge in [-0.05, 0) is 6.42 Å². The molecular weight excluding hydrogens is 364 g/mol. The summed E-state index contributed by atoms with van der Waals surface area (Å²) < 4.78 is 0. The fourth-order valence-electron chi connectivity index (χ4n) is 3.40.